The van der Waals surface area contributed by atoms with Gasteiger partial charge in [-0.1, -0.05) is 19.8 Å². The van der Waals surface area contributed by atoms with Gasteiger partial charge in [0, 0.05) is 25.3 Å². The maximum Gasteiger partial charge on any atom is 0.419 e. The van der Waals surface area contributed by atoms with E-state index in [0.717, 1.165) is 12.8 Å². The second-order valence-electron chi connectivity index (χ2n) is 6.91. The number of oxazole rings is 1. The van der Waals surface area contributed by atoms with Gasteiger partial charge in [0.1, 0.15) is 0 Å². The third kappa shape index (κ3) is 3.92. The Hall–Kier alpha value is -2.57. The summed E-state index contributed by atoms with van der Waals surface area (Å²) in [4.78, 5) is 35.5. The molecule has 1 aromatic heterocycles. The molecule has 2 amide bonds. The number of benzene rings is 1. The number of rotatable bonds is 3. The Morgan fingerprint density at radius 2 is 2.08 bits per heavy atom. The quantitative estimate of drug-likeness (QED) is 0.832. The van der Waals surface area contributed by atoms with Crippen molar-refractivity contribution >= 4 is 28.6 Å². The minimum atomic E-state index is -0.721. The SMILES string of the molecule is CC1CCCC(CNC(=O)C(=O)Nc2ccc3c(c2)oc(=O)n3C)C1. The van der Waals surface area contributed by atoms with Crippen LogP contribution in [0.1, 0.15) is 32.6 Å². The van der Waals surface area contributed by atoms with Crippen molar-refractivity contribution in [3.63, 3.8) is 0 Å². The van der Waals surface area contributed by atoms with E-state index >= 15 is 0 Å². The highest BCUT2D eigenvalue weighted by Crippen LogP contribution is 2.27. The van der Waals surface area contributed by atoms with Gasteiger partial charge in [0.15, 0.2) is 5.58 Å². The van der Waals surface area contributed by atoms with Crippen LogP contribution in [0, 0.1) is 11.8 Å². The first-order valence-corrected chi connectivity index (χ1v) is 8.63. The normalized spacial score (nSPS) is 20.4. The summed E-state index contributed by atoms with van der Waals surface area (Å²) in [5.74, 6) is -0.723. The smallest absolute Gasteiger partial charge is 0.408 e. The van der Waals surface area contributed by atoms with Gasteiger partial charge in [-0.3, -0.25) is 14.2 Å². The van der Waals surface area contributed by atoms with E-state index in [1.807, 2.05) is 0 Å². The van der Waals surface area contributed by atoms with Crippen molar-refractivity contribution in [2.75, 3.05) is 11.9 Å². The largest absolute Gasteiger partial charge is 0.419 e. The summed E-state index contributed by atoms with van der Waals surface area (Å²) in [6, 6.07) is 4.83. The van der Waals surface area contributed by atoms with Gasteiger partial charge in [-0.25, -0.2) is 4.79 Å². The molecule has 0 saturated heterocycles. The Morgan fingerprint density at radius 3 is 2.84 bits per heavy atom. The second-order valence-corrected chi connectivity index (χ2v) is 6.91. The average Bonchev–Trinajstić information content (AvgIpc) is 2.86. The molecule has 3 rings (SSSR count). The number of carbonyl (C=O) groups excluding carboxylic acids is 2. The van der Waals surface area contributed by atoms with Gasteiger partial charge in [0.25, 0.3) is 0 Å². The zero-order valence-electron chi connectivity index (χ0n) is 14.5. The fraction of sp³-hybridized carbons (Fsp3) is 0.500. The molecule has 1 aromatic carbocycles. The predicted molar refractivity (Wildman–Crippen MR) is 94.2 cm³/mol. The van der Waals surface area contributed by atoms with Crippen LogP contribution in [0.2, 0.25) is 0 Å². The summed E-state index contributed by atoms with van der Waals surface area (Å²) in [7, 11) is 1.60. The van der Waals surface area contributed by atoms with Crippen LogP contribution >= 0.6 is 0 Å². The van der Waals surface area contributed by atoms with E-state index in [9.17, 15) is 14.4 Å². The minimum absolute atomic E-state index is 0.363. The number of nitrogens with zero attached hydrogens (tertiary/aromatic N) is 1. The molecule has 7 heteroatoms. The predicted octanol–water partition coefficient (Wildman–Crippen LogP) is 2.01. The number of aromatic nitrogens is 1. The van der Waals surface area contributed by atoms with Gasteiger partial charge in [-0.15, -0.1) is 0 Å². The molecule has 1 aliphatic rings. The summed E-state index contributed by atoms with van der Waals surface area (Å²) in [6.45, 7) is 2.75. The topological polar surface area (TPSA) is 93.3 Å². The summed E-state index contributed by atoms with van der Waals surface area (Å²) in [5, 5.41) is 5.25. The van der Waals surface area contributed by atoms with Crippen LogP contribution in [0.15, 0.2) is 27.4 Å². The zero-order valence-corrected chi connectivity index (χ0v) is 14.5. The zero-order chi connectivity index (χ0) is 18.0. The minimum Gasteiger partial charge on any atom is -0.408 e. The molecule has 1 saturated carbocycles. The Labute approximate surface area is 145 Å². The van der Waals surface area contributed by atoms with Crippen molar-refractivity contribution in [1.29, 1.82) is 0 Å². The molecular formula is C18H23N3O4. The van der Waals surface area contributed by atoms with Gasteiger partial charge in [-0.05, 0) is 36.8 Å². The first kappa shape index (κ1) is 17.3. The van der Waals surface area contributed by atoms with Crippen LogP contribution in [-0.2, 0) is 16.6 Å². The van der Waals surface area contributed by atoms with Crippen LogP contribution in [-0.4, -0.2) is 22.9 Å². The Morgan fingerprint density at radius 1 is 1.28 bits per heavy atom. The molecule has 25 heavy (non-hydrogen) atoms. The van der Waals surface area contributed by atoms with E-state index in [1.54, 1.807) is 19.2 Å². The molecule has 0 radical (unpaired) electrons. The van der Waals surface area contributed by atoms with E-state index < -0.39 is 17.6 Å². The molecule has 0 bridgehead atoms. The number of fused-ring (bicyclic) bond motifs is 1. The van der Waals surface area contributed by atoms with Gasteiger partial charge >= 0.3 is 17.6 Å². The first-order valence-electron chi connectivity index (χ1n) is 8.63. The van der Waals surface area contributed by atoms with Crippen LogP contribution in [0.5, 0.6) is 0 Å². The molecule has 2 unspecified atom stereocenters. The maximum absolute atomic E-state index is 12.0. The number of hydrogen-bond acceptors (Lipinski definition) is 4. The fourth-order valence-corrected chi connectivity index (χ4v) is 3.46. The highest BCUT2D eigenvalue weighted by Gasteiger charge is 2.21. The Kier molecular flexibility index (Phi) is 4.92. The van der Waals surface area contributed by atoms with E-state index in [1.165, 1.54) is 23.5 Å². The van der Waals surface area contributed by atoms with Gasteiger partial charge in [0.2, 0.25) is 0 Å². The lowest BCUT2D eigenvalue weighted by molar-refractivity contribution is -0.136. The lowest BCUT2D eigenvalue weighted by Crippen LogP contribution is -2.38. The van der Waals surface area contributed by atoms with Gasteiger partial charge < -0.3 is 15.1 Å². The highest BCUT2D eigenvalue weighted by atomic mass is 16.4. The molecule has 0 aliphatic heterocycles. The number of carbonyl (C=O) groups is 2. The molecule has 1 aliphatic carbocycles. The monoisotopic (exact) mass is 345 g/mol. The summed E-state index contributed by atoms with van der Waals surface area (Å²) in [6.07, 6.45) is 4.60. The average molecular weight is 345 g/mol. The molecule has 2 atom stereocenters. The summed E-state index contributed by atoms with van der Waals surface area (Å²) < 4.78 is 6.45. The van der Waals surface area contributed by atoms with Gasteiger partial charge in [-0.2, -0.15) is 0 Å². The van der Waals surface area contributed by atoms with Crippen molar-refractivity contribution < 1.29 is 14.0 Å². The number of aryl methyl sites for hydroxylation is 1. The number of anilines is 1. The maximum atomic E-state index is 12.0. The molecule has 7 nitrogen and oxygen atoms in total. The molecule has 0 spiro atoms. The molecule has 1 heterocycles. The van der Waals surface area contributed by atoms with Crippen molar-refractivity contribution in [3.05, 3.63) is 28.7 Å². The third-order valence-electron chi connectivity index (χ3n) is 4.85. The standard InChI is InChI=1S/C18H23N3O4/c1-11-4-3-5-12(8-11)10-19-16(22)17(23)20-13-6-7-14-15(9-13)25-18(24)21(14)2/h6-7,9,11-12H,3-5,8,10H2,1-2H3,(H,19,22)(H,20,23). The number of hydrogen-bond donors (Lipinski definition) is 2. The highest BCUT2D eigenvalue weighted by molar-refractivity contribution is 6.39. The molecular weight excluding hydrogens is 322 g/mol. The van der Waals surface area contributed by atoms with Crippen LogP contribution in [0.3, 0.4) is 0 Å². The molecule has 2 aromatic rings. The first-order chi connectivity index (χ1) is 11.9. The van der Waals surface area contributed by atoms with Gasteiger partial charge in [0.05, 0.1) is 5.52 Å². The van der Waals surface area contributed by atoms with Crippen molar-refractivity contribution in [2.24, 2.45) is 18.9 Å². The van der Waals surface area contributed by atoms with E-state index in [4.69, 9.17) is 4.42 Å². The summed E-state index contributed by atoms with van der Waals surface area (Å²) >= 11 is 0. The van der Waals surface area contributed by atoms with Crippen molar-refractivity contribution in [3.8, 4) is 0 Å². The van der Waals surface area contributed by atoms with Crippen LogP contribution in [0.4, 0.5) is 5.69 Å². The van der Waals surface area contributed by atoms with E-state index in [-0.39, 0.29) is 0 Å². The summed E-state index contributed by atoms with van der Waals surface area (Å²) in [5.41, 5.74) is 1.40. The lowest BCUT2D eigenvalue weighted by Gasteiger charge is -2.26. The van der Waals surface area contributed by atoms with Crippen LogP contribution in [0.25, 0.3) is 11.1 Å². The van der Waals surface area contributed by atoms with E-state index in [2.05, 4.69) is 17.6 Å². The Bertz CT molecular complexity index is 852. The molecule has 1 fully saturated rings. The third-order valence-corrected chi connectivity index (χ3v) is 4.85. The number of nitrogens with one attached hydrogen (secondary N) is 2. The van der Waals surface area contributed by atoms with Crippen LogP contribution < -0.4 is 16.4 Å². The van der Waals surface area contributed by atoms with Crippen molar-refractivity contribution in [2.45, 2.75) is 32.6 Å². The fourth-order valence-electron chi connectivity index (χ4n) is 3.46. The second kappa shape index (κ2) is 7.13. The van der Waals surface area contributed by atoms with E-state index in [0.29, 0.717) is 35.2 Å². The molecule has 134 valence electrons. The number of amides is 2. The Balaban J connectivity index is 1.57. The lowest BCUT2D eigenvalue weighted by atomic mass is 9.82. The van der Waals surface area contributed by atoms with Crippen molar-refractivity contribution in [1.82, 2.24) is 9.88 Å². The molecule has 2 N–H and O–H groups in total.